The van der Waals surface area contributed by atoms with E-state index in [0.29, 0.717) is 10.6 Å². The van der Waals surface area contributed by atoms with Gasteiger partial charge in [-0.05, 0) is 49.2 Å². The minimum atomic E-state index is -3.62. The molecule has 0 radical (unpaired) electrons. The highest BCUT2D eigenvalue weighted by Crippen LogP contribution is 2.25. The first-order valence-corrected chi connectivity index (χ1v) is 10.9. The zero-order valence-electron chi connectivity index (χ0n) is 15.3. The van der Waals surface area contributed by atoms with E-state index in [4.69, 9.17) is 27.4 Å². The van der Waals surface area contributed by atoms with E-state index >= 15 is 0 Å². The van der Waals surface area contributed by atoms with E-state index < -0.39 is 10.1 Å². The molecule has 0 heterocycles. The molecule has 0 bridgehead atoms. The summed E-state index contributed by atoms with van der Waals surface area (Å²) in [5, 5.41) is 0.743. The number of halogens is 2. The monoisotopic (exact) mass is 429 g/mol. The molecule has 0 aliphatic rings. The van der Waals surface area contributed by atoms with Crippen molar-refractivity contribution in [3.05, 3.63) is 63.6 Å². The second-order valence-corrected chi connectivity index (χ2v) is 8.67. The average Bonchev–Trinajstić information content (AvgIpc) is 2.57. The van der Waals surface area contributed by atoms with Crippen molar-refractivity contribution in [1.82, 2.24) is 4.90 Å². The molecule has 2 aromatic rings. The van der Waals surface area contributed by atoms with Crippen molar-refractivity contribution in [1.29, 1.82) is 0 Å². The maximum absolute atomic E-state index is 13.1. The molecule has 27 heavy (non-hydrogen) atoms. The van der Waals surface area contributed by atoms with Crippen molar-refractivity contribution in [2.24, 2.45) is 0 Å². The van der Waals surface area contributed by atoms with Gasteiger partial charge in [-0.3, -0.25) is 4.79 Å². The molecule has 0 saturated heterocycles. The van der Waals surface area contributed by atoms with Crippen molar-refractivity contribution >= 4 is 39.2 Å². The van der Waals surface area contributed by atoms with E-state index in [1.807, 2.05) is 13.8 Å². The molecule has 2 rings (SSSR count). The smallest absolute Gasteiger partial charge is 0.306 e. The first-order chi connectivity index (χ1) is 12.6. The molecular weight excluding hydrogens is 409 g/mol. The number of amides is 1. The molecule has 0 saturated carbocycles. The second-order valence-electron chi connectivity index (χ2n) is 6.25. The van der Waals surface area contributed by atoms with Gasteiger partial charge in [0.15, 0.2) is 0 Å². The molecule has 0 aliphatic carbocycles. The Morgan fingerprint density at radius 3 is 2.48 bits per heavy atom. The molecule has 1 amide bonds. The Labute approximate surface area is 170 Å². The van der Waals surface area contributed by atoms with Crippen LogP contribution in [0.2, 0.25) is 10.0 Å². The fraction of sp³-hybridized carbons (Fsp3) is 0.316. The maximum Gasteiger partial charge on any atom is 0.306 e. The van der Waals surface area contributed by atoms with Crippen LogP contribution < -0.4 is 4.18 Å². The van der Waals surface area contributed by atoms with Crippen LogP contribution in [0, 0.1) is 0 Å². The second kappa shape index (κ2) is 8.95. The number of nitrogens with zero attached hydrogens (tertiary/aromatic N) is 1. The van der Waals surface area contributed by atoms with Gasteiger partial charge in [0.1, 0.15) is 5.75 Å². The van der Waals surface area contributed by atoms with Gasteiger partial charge >= 0.3 is 10.1 Å². The summed E-state index contributed by atoms with van der Waals surface area (Å²) in [4.78, 5) is 14.8. The molecule has 2 aromatic carbocycles. The van der Waals surface area contributed by atoms with Crippen LogP contribution in [0.1, 0.15) is 36.2 Å². The van der Waals surface area contributed by atoms with Crippen molar-refractivity contribution < 1.29 is 17.4 Å². The van der Waals surface area contributed by atoms with Gasteiger partial charge in [-0.1, -0.05) is 42.3 Å². The molecule has 0 N–H and O–H groups in total. The molecule has 146 valence electrons. The third-order valence-corrected chi connectivity index (χ3v) is 5.09. The van der Waals surface area contributed by atoms with E-state index in [0.717, 1.165) is 18.2 Å². The fourth-order valence-corrected chi connectivity index (χ4v) is 3.48. The molecule has 0 aromatic heterocycles. The Bertz CT molecular complexity index is 931. The molecule has 1 atom stereocenters. The molecule has 0 spiro atoms. The highest BCUT2D eigenvalue weighted by Gasteiger charge is 2.23. The lowest BCUT2D eigenvalue weighted by atomic mass is 10.1. The van der Waals surface area contributed by atoms with Gasteiger partial charge in [-0.25, -0.2) is 0 Å². The first-order valence-electron chi connectivity index (χ1n) is 8.35. The highest BCUT2D eigenvalue weighted by molar-refractivity contribution is 7.86. The zero-order valence-corrected chi connectivity index (χ0v) is 17.6. The molecular formula is C19H21Cl2NO4S. The van der Waals surface area contributed by atoms with Crippen LogP contribution >= 0.6 is 23.2 Å². The van der Waals surface area contributed by atoms with E-state index in [9.17, 15) is 13.2 Å². The van der Waals surface area contributed by atoms with Gasteiger partial charge < -0.3 is 9.08 Å². The van der Waals surface area contributed by atoms with Crippen LogP contribution in [0.25, 0.3) is 0 Å². The Morgan fingerprint density at radius 2 is 1.89 bits per heavy atom. The fourth-order valence-electron chi connectivity index (χ4n) is 2.53. The van der Waals surface area contributed by atoms with Crippen LogP contribution in [0.4, 0.5) is 0 Å². The summed E-state index contributed by atoms with van der Waals surface area (Å²) in [6.07, 6.45) is 1.73. The van der Waals surface area contributed by atoms with Crippen LogP contribution in [0.15, 0.2) is 42.5 Å². The number of carbonyl (C=O) groups excluding carboxylic acids is 1. The number of carbonyl (C=O) groups is 1. The average molecular weight is 430 g/mol. The zero-order chi connectivity index (χ0) is 20.2. The number of rotatable bonds is 7. The lowest BCUT2D eigenvalue weighted by Crippen LogP contribution is -2.38. The Hall–Kier alpha value is -1.76. The third kappa shape index (κ3) is 6.13. The Kier molecular flexibility index (Phi) is 7.14. The van der Waals surface area contributed by atoms with Crippen molar-refractivity contribution in [3.63, 3.8) is 0 Å². The van der Waals surface area contributed by atoms with Gasteiger partial charge in [0.05, 0.1) is 16.8 Å². The summed E-state index contributed by atoms with van der Waals surface area (Å²) < 4.78 is 27.6. The topological polar surface area (TPSA) is 63.7 Å². The highest BCUT2D eigenvalue weighted by atomic mass is 35.5. The number of hydrogen-bond donors (Lipinski definition) is 0. The van der Waals surface area contributed by atoms with Crippen LogP contribution in [0.5, 0.6) is 5.75 Å². The van der Waals surface area contributed by atoms with E-state index in [1.54, 1.807) is 41.3 Å². The lowest BCUT2D eigenvalue weighted by molar-refractivity contribution is 0.0671. The third-order valence-electron chi connectivity index (χ3n) is 4.04. The van der Waals surface area contributed by atoms with Gasteiger partial charge in [0.25, 0.3) is 5.91 Å². The molecule has 5 nitrogen and oxygen atoms in total. The van der Waals surface area contributed by atoms with Gasteiger partial charge in [-0.2, -0.15) is 8.42 Å². The number of benzene rings is 2. The largest absolute Gasteiger partial charge is 0.383 e. The van der Waals surface area contributed by atoms with Gasteiger partial charge in [0, 0.05) is 17.6 Å². The molecule has 0 fully saturated rings. The minimum Gasteiger partial charge on any atom is -0.383 e. The predicted octanol–water partition coefficient (Wildman–Crippen LogP) is 4.77. The minimum absolute atomic E-state index is 0.0521. The summed E-state index contributed by atoms with van der Waals surface area (Å²) in [7, 11) is -3.62. The van der Waals surface area contributed by atoms with Crippen LogP contribution in [-0.2, 0) is 16.7 Å². The van der Waals surface area contributed by atoms with E-state index in [1.165, 1.54) is 6.07 Å². The normalized spacial score (nSPS) is 12.5. The maximum atomic E-state index is 13.1. The lowest BCUT2D eigenvalue weighted by Gasteiger charge is -2.29. The van der Waals surface area contributed by atoms with Crippen molar-refractivity contribution in [3.8, 4) is 5.75 Å². The predicted molar refractivity (Wildman–Crippen MR) is 108 cm³/mol. The quantitative estimate of drug-likeness (QED) is 0.594. The van der Waals surface area contributed by atoms with Crippen LogP contribution in [-0.4, -0.2) is 31.5 Å². The summed E-state index contributed by atoms with van der Waals surface area (Å²) in [6.45, 7) is 4.21. The SMILES string of the molecule is CCC(C)N(Cc1cccc(OS(C)(=O)=O)c1)C(=O)c1ccc(Cl)cc1Cl. The van der Waals surface area contributed by atoms with E-state index in [-0.39, 0.29) is 29.3 Å². The molecule has 0 aliphatic heterocycles. The van der Waals surface area contributed by atoms with Gasteiger partial charge in [-0.15, -0.1) is 0 Å². The molecule has 8 heteroatoms. The summed E-state index contributed by atoms with van der Waals surface area (Å²) >= 11 is 12.1. The van der Waals surface area contributed by atoms with Crippen molar-refractivity contribution in [2.45, 2.75) is 32.9 Å². The summed E-state index contributed by atoms with van der Waals surface area (Å²) in [5.74, 6) is -0.0171. The van der Waals surface area contributed by atoms with Crippen LogP contribution in [0.3, 0.4) is 0 Å². The summed E-state index contributed by atoms with van der Waals surface area (Å²) in [6, 6.07) is 11.4. The van der Waals surface area contributed by atoms with E-state index in [2.05, 4.69) is 0 Å². The molecule has 1 unspecified atom stereocenters. The Morgan fingerprint density at radius 1 is 1.19 bits per heavy atom. The summed E-state index contributed by atoms with van der Waals surface area (Å²) in [5.41, 5.74) is 1.11. The van der Waals surface area contributed by atoms with Gasteiger partial charge in [0.2, 0.25) is 0 Å². The number of hydrogen-bond acceptors (Lipinski definition) is 4. The standard InChI is InChI=1S/C19H21Cl2NO4S/c1-4-13(2)22(19(23)17-9-8-15(20)11-18(17)21)12-14-6-5-7-16(10-14)26-27(3,24)25/h5-11,13H,4,12H2,1-3H3. The van der Waals surface area contributed by atoms with Crippen molar-refractivity contribution in [2.75, 3.05) is 6.26 Å². The Balaban J connectivity index is 2.32. The first kappa shape index (κ1) is 21.5.